The summed E-state index contributed by atoms with van der Waals surface area (Å²) in [4.78, 5) is 37.4. The Kier molecular flexibility index (Phi) is 33.1. The monoisotopic (exact) mass is 667 g/mol. The molecule has 6 nitrogen and oxygen atoms in total. The van der Waals surface area contributed by atoms with Crippen molar-refractivity contribution in [1.82, 2.24) is 0 Å². The third-order valence-corrected chi connectivity index (χ3v) is 9.69. The number of ether oxygens (including phenoxy) is 3. The third kappa shape index (κ3) is 32.7. The molecule has 0 saturated carbocycles. The van der Waals surface area contributed by atoms with E-state index in [4.69, 9.17) is 14.2 Å². The van der Waals surface area contributed by atoms with Gasteiger partial charge in [-0.3, -0.25) is 14.4 Å². The van der Waals surface area contributed by atoms with E-state index >= 15 is 0 Å². The van der Waals surface area contributed by atoms with Crippen molar-refractivity contribution in [3.8, 4) is 0 Å². The van der Waals surface area contributed by atoms with Crippen LogP contribution in [0.25, 0.3) is 0 Å². The SMILES string of the molecule is CCCCCCCCCCCC(=O)OC[C@H](COC(=O)CCCCCCCCC(C)CC)OC(=O)CCCCCCCCC(C)CC. The molecule has 0 spiro atoms. The predicted molar refractivity (Wildman–Crippen MR) is 196 cm³/mol. The Morgan fingerprint density at radius 2 is 0.745 bits per heavy atom. The molecule has 0 aromatic rings. The Morgan fingerprint density at radius 1 is 0.426 bits per heavy atom. The molecule has 0 aromatic heterocycles. The summed E-state index contributed by atoms with van der Waals surface area (Å²) in [5.41, 5.74) is 0. The summed E-state index contributed by atoms with van der Waals surface area (Å²) in [7, 11) is 0. The molecule has 6 heteroatoms. The summed E-state index contributed by atoms with van der Waals surface area (Å²) >= 11 is 0. The van der Waals surface area contributed by atoms with Gasteiger partial charge in [-0.2, -0.15) is 0 Å². The van der Waals surface area contributed by atoms with Gasteiger partial charge in [0.15, 0.2) is 6.10 Å². The van der Waals surface area contributed by atoms with E-state index in [9.17, 15) is 14.4 Å². The molecule has 0 aliphatic heterocycles. The summed E-state index contributed by atoms with van der Waals surface area (Å²) in [5.74, 6) is 0.751. The molecule has 47 heavy (non-hydrogen) atoms. The van der Waals surface area contributed by atoms with Crippen LogP contribution in [0.3, 0.4) is 0 Å². The Labute approximate surface area is 291 Å². The van der Waals surface area contributed by atoms with Gasteiger partial charge in [0.1, 0.15) is 13.2 Å². The van der Waals surface area contributed by atoms with E-state index in [1.807, 2.05) is 0 Å². The molecule has 0 radical (unpaired) electrons. The Bertz CT molecular complexity index is 723. The summed E-state index contributed by atoms with van der Waals surface area (Å²) in [5, 5.41) is 0. The quantitative estimate of drug-likeness (QED) is 0.0380. The topological polar surface area (TPSA) is 78.9 Å². The van der Waals surface area contributed by atoms with Crippen LogP contribution in [-0.2, 0) is 28.6 Å². The van der Waals surface area contributed by atoms with Crippen LogP contribution in [0.1, 0.15) is 214 Å². The van der Waals surface area contributed by atoms with Gasteiger partial charge in [0.05, 0.1) is 0 Å². The van der Waals surface area contributed by atoms with Gasteiger partial charge in [-0.25, -0.2) is 0 Å². The summed E-state index contributed by atoms with van der Waals surface area (Å²) < 4.78 is 16.6. The summed E-state index contributed by atoms with van der Waals surface area (Å²) in [6, 6.07) is 0. The van der Waals surface area contributed by atoms with E-state index in [-0.39, 0.29) is 31.1 Å². The lowest BCUT2D eigenvalue weighted by atomic mass is 10.00. The van der Waals surface area contributed by atoms with Crippen LogP contribution in [-0.4, -0.2) is 37.2 Å². The largest absolute Gasteiger partial charge is 0.462 e. The van der Waals surface area contributed by atoms with Crippen molar-refractivity contribution in [3.05, 3.63) is 0 Å². The molecular weight excluding hydrogens is 588 g/mol. The molecule has 2 unspecified atom stereocenters. The Morgan fingerprint density at radius 3 is 1.11 bits per heavy atom. The van der Waals surface area contributed by atoms with Crippen molar-refractivity contribution in [2.45, 2.75) is 221 Å². The molecule has 0 aromatic carbocycles. The Balaban J connectivity index is 4.39. The molecule has 3 atom stereocenters. The molecule has 0 amide bonds. The minimum Gasteiger partial charge on any atom is -0.462 e. The lowest BCUT2D eigenvalue weighted by Gasteiger charge is -2.18. The zero-order valence-electron chi connectivity index (χ0n) is 31.9. The van der Waals surface area contributed by atoms with Crippen molar-refractivity contribution in [1.29, 1.82) is 0 Å². The van der Waals surface area contributed by atoms with E-state index in [0.29, 0.717) is 19.3 Å². The third-order valence-electron chi connectivity index (χ3n) is 9.69. The van der Waals surface area contributed by atoms with Crippen LogP contribution in [0.15, 0.2) is 0 Å². The van der Waals surface area contributed by atoms with Gasteiger partial charge in [-0.15, -0.1) is 0 Å². The highest BCUT2D eigenvalue weighted by Gasteiger charge is 2.19. The van der Waals surface area contributed by atoms with Gasteiger partial charge in [-0.05, 0) is 31.1 Å². The van der Waals surface area contributed by atoms with Gasteiger partial charge >= 0.3 is 17.9 Å². The minimum absolute atomic E-state index is 0.0673. The van der Waals surface area contributed by atoms with E-state index in [1.165, 1.54) is 103 Å². The average molecular weight is 667 g/mol. The fourth-order valence-electron chi connectivity index (χ4n) is 5.80. The van der Waals surface area contributed by atoms with Crippen LogP contribution in [0, 0.1) is 11.8 Å². The molecule has 0 bridgehead atoms. The second kappa shape index (κ2) is 34.3. The van der Waals surface area contributed by atoms with Crippen molar-refractivity contribution >= 4 is 17.9 Å². The van der Waals surface area contributed by atoms with Crippen LogP contribution in [0.4, 0.5) is 0 Å². The van der Waals surface area contributed by atoms with Crippen molar-refractivity contribution in [3.63, 3.8) is 0 Å². The highest BCUT2D eigenvalue weighted by atomic mass is 16.6. The van der Waals surface area contributed by atoms with E-state index in [1.54, 1.807) is 0 Å². The zero-order valence-corrected chi connectivity index (χ0v) is 31.9. The predicted octanol–water partition coefficient (Wildman–Crippen LogP) is 12.2. The molecule has 0 heterocycles. The summed E-state index contributed by atoms with van der Waals surface area (Å²) in [6.07, 6.45) is 29.5. The lowest BCUT2D eigenvalue weighted by Crippen LogP contribution is -2.30. The number of carbonyl (C=O) groups is 3. The average Bonchev–Trinajstić information content (AvgIpc) is 3.07. The number of hydrogen-bond donors (Lipinski definition) is 0. The molecule has 0 aliphatic rings. The molecule has 0 saturated heterocycles. The first kappa shape index (κ1) is 45.4. The van der Waals surface area contributed by atoms with Crippen LogP contribution in [0.5, 0.6) is 0 Å². The Hall–Kier alpha value is -1.59. The van der Waals surface area contributed by atoms with Gasteiger partial charge < -0.3 is 14.2 Å². The maximum atomic E-state index is 12.6. The highest BCUT2D eigenvalue weighted by Crippen LogP contribution is 2.17. The van der Waals surface area contributed by atoms with Gasteiger partial charge in [-0.1, -0.05) is 176 Å². The number of unbranched alkanes of at least 4 members (excludes halogenated alkanes) is 18. The number of rotatable bonds is 35. The second-order valence-corrected chi connectivity index (χ2v) is 14.4. The fourth-order valence-corrected chi connectivity index (χ4v) is 5.80. The molecule has 0 rings (SSSR count). The lowest BCUT2D eigenvalue weighted by molar-refractivity contribution is -0.167. The van der Waals surface area contributed by atoms with Crippen molar-refractivity contribution in [2.75, 3.05) is 13.2 Å². The van der Waals surface area contributed by atoms with Gasteiger partial charge in [0, 0.05) is 19.3 Å². The first-order chi connectivity index (χ1) is 22.8. The number of carbonyl (C=O) groups excluding carboxylic acids is 3. The first-order valence-electron chi connectivity index (χ1n) is 20.3. The minimum atomic E-state index is -0.760. The van der Waals surface area contributed by atoms with Crippen molar-refractivity contribution < 1.29 is 28.6 Å². The van der Waals surface area contributed by atoms with E-state index in [0.717, 1.165) is 69.6 Å². The summed E-state index contributed by atoms with van der Waals surface area (Å²) in [6.45, 7) is 11.2. The maximum absolute atomic E-state index is 12.6. The van der Waals surface area contributed by atoms with E-state index in [2.05, 4.69) is 34.6 Å². The molecule has 278 valence electrons. The number of esters is 3. The molecule has 0 fully saturated rings. The zero-order chi connectivity index (χ0) is 34.8. The number of hydrogen-bond acceptors (Lipinski definition) is 6. The smallest absolute Gasteiger partial charge is 0.306 e. The highest BCUT2D eigenvalue weighted by molar-refractivity contribution is 5.71. The normalized spacial score (nSPS) is 13.2. The molecule has 0 aliphatic carbocycles. The first-order valence-corrected chi connectivity index (χ1v) is 20.3. The standard InChI is InChI=1S/C41H78O6/c1-6-9-10-11-12-13-14-21-26-31-39(42)45-34-38(47-41(44)33-28-23-18-16-20-25-30-37(5)8-3)35-46-40(43)32-27-22-17-15-19-24-29-36(4)7-2/h36-38H,6-35H2,1-5H3/t36?,37?,38-/m1/s1. The van der Waals surface area contributed by atoms with Crippen LogP contribution < -0.4 is 0 Å². The second-order valence-electron chi connectivity index (χ2n) is 14.4. The molecule has 0 N–H and O–H groups in total. The molecular formula is C41H78O6. The van der Waals surface area contributed by atoms with Crippen molar-refractivity contribution in [2.24, 2.45) is 11.8 Å². The van der Waals surface area contributed by atoms with Gasteiger partial charge in [0.25, 0.3) is 0 Å². The van der Waals surface area contributed by atoms with E-state index < -0.39 is 6.10 Å². The van der Waals surface area contributed by atoms with Crippen LogP contribution in [0.2, 0.25) is 0 Å². The fraction of sp³-hybridized carbons (Fsp3) is 0.927. The van der Waals surface area contributed by atoms with Gasteiger partial charge in [0.2, 0.25) is 0 Å². The van der Waals surface area contributed by atoms with Crippen LogP contribution >= 0.6 is 0 Å². The maximum Gasteiger partial charge on any atom is 0.306 e.